The predicted molar refractivity (Wildman–Crippen MR) is 136 cm³/mol. The van der Waals surface area contributed by atoms with Crippen LogP contribution in [0.1, 0.15) is 15.9 Å². The highest BCUT2D eigenvalue weighted by molar-refractivity contribution is 7.92. The van der Waals surface area contributed by atoms with Gasteiger partial charge in [-0.1, -0.05) is 17.7 Å². The van der Waals surface area contributed by atoms with E-state index in [1.165, 1.54) is 12.1 Å². The Hall–Kier alpha value is -3.07. The molecule has 1 aliphatic heterocycles. The van der Waals surface area contributed by atoms with Gasteiger partial charge in [-0.05, 0) is 42.8 Å². The third-order valence-corrected chi connectivity index (χ3v) is 7.02. The van der Waals surface area contributed by atoms with E-state index in [1.54, 1.807) is 38.3 Å². The van der Waals surface area contributed by atoms with Crippen molar-refractivity contribution in [3.05, 3.63) is 52.5 Å². The van der Waals surface area contributed by atoms with E-state index >= 15 is 0 Å². The van der Waals surface area contributed by atoms with E-state index in [2.05, 4.69) is 20.3 Å². The number of hydrogen-bond acceptors (Lipinski definition) is 7. The zero-order valence-corrected chi connectivity index (χ0v) is 22.1. The third kappa shape index (κ3) is 9.04. The minimum absolute atomic E-state index is 0.0595. The summed E-state index contributed by atoms with van der Waals surface area (Å²) in [5, 5.41) is 13.5. The SMILES string of the molecule is COCCNC(=O)c1ccc(N2CCNCC2)c(NS(=O)(=O)c2ccc(C)c(Cl)c2)c1.O=C(O)C(F)(F)F. The van der Waals surface area contributed by atoms with Gasteiger partial charge in [-0.3, -0.25) is 9.52 Å². The number of carboxylic acids is 1. The lowest BCUT2D eigenvalue weighted by molar-refractivity contribution is -0.192. The summed E-state index contributed by atoms with van der Waals surface area (Å²) in [6.07, 6.45) is -5.08. The van der Waals surface area contributed by atoms with Gasteiger partial charge in [-0.15, -0.1) is 0 Å². The summed E-state index contributed by atoms with van der Waals surface area (Å²) in [6.45, 7) is 5.59. The van der Waals surface area contributed by atoms with Gasteiger partial charge in [0.15, 0.2) is 0 Å². The van der Waals surface area contributed by atoms with Crippen molar-refractivity contribution in [3.63, 3.8) is 0 Å². The van der Waals surface area contributed by atoms with Crippen molar-refractivity contribution >= 4 is 44.9 Å². The molecule has 1 aliphatic rings. The molecule has 2 aromatic carbocycles. The van der Waals surface area contributed by atoms with E-state index in [-0.39, 0.29) is 10.8 Å². The molecule has 1 fully saturated rings. The van der Waals surface area contributed by atoms with Crippen LogP contribution in [0.3, 0.4) is 0 Å². The predicted octanol–water partition coefficient (Wildman–Crippen LogP) is 2.87. The molecule has 1 heterocycles. The molecule has 0 bridgehead atoms. The second-order valence-corrected chi connectivity index (χ2v) is 10.1. The van der Waals surface area contributed by atoms with Crippen molar-refractivity contribution in [2.24, 2.45) is 0 Å². The number of piperazine rings is 1. The highest BCUT2D eigenvalue weighted by atomic mass is 35.5. The number of nitrogens with one attached hydrogen (secondary N) is 3. The molecule has 0 saturated carbocycles. The smallest absolute Gasteiger partial charge is 0.475 e. The molecule has 210 valence electrons. The van der Waals surface area contributed by atoms with Crippen LogP contribution in [0, 0.1) is 6.92 Å². The lowest BCUT2D eigenvalue weighted by Crippen LogP contribution is -2.43. The van der Waals surface area contributed by atoms with Crippen LogP contribution in [0.2, 0.25) is 5.02 Å². The molecular formula is C23H28ClF3N4O6S. The average Bonchev–Trinajstić information content (AvgIpc) is 2.85. The van der Waals surface area contributed by atoms with Gasteiger partial charge >= 0.3 is 12.1 Å². The molecule has 10 nitrogen and oxygen atoms in total. The number of carboxylic acid groups (broad SMARTS) is 1. The Morgan fingerprint density at radius 2 is 1.79 bits per heavy atom. The van der Waals surface area contributed by atoms with Crippen molar-refractivity contribution in [2.75, 3.05) is 56.1 Å². The molecule has 0 unspecified atom stereocenters. The first-order chi connectivity index (χ1) is 17.8. The number of aryl methyl sites for hydroxylation is 1. The number of nitrogens with zero attached hydrogens (tertiary/aromatic N) is 1. The molecule has 2 aromatic rings. The maximum atomic E-state index is 13.1. The molecule has 15 heteroatoms. The highest BCUT2D eigenvalue weighted by Gasteiger charge is 2.38. The Bertz CT molecular complexity index is 1240. The first kappa shape index (κ1) is 31.1. The lowest BCUT2D eigenvalue weighted by Gasteiger charge is -2.31. The van der Waals surface area contributed by atoms with E-state index in [9.17, 15) is 26.4 Å². The van der Waals surface area contributed by atoms with Gasteiger partial charge in [0.2, 0.25) is 0 Å². The number of halogens is 4. The summed E-state index contributed by atoms with van der Waals surface area (Å²) in [7, 11) is -2.35. The van der Waals surface area contributed by atoms with Crippen LogP contribution in [0.25, 0.3) is 0 Å². The summed E-state index contributed by atoms with van der Waals surface area (Å²) >= 11 is 6.13. The van der Waals surface area contributed by atoms with Crippen LogP contribution in [0.15, 0.2) is 41.3 Å². The number of sulfonamides is 1. The first-order valence-corrected chi connectivity index (χ1v) is 13.1. The van der Waals surface area contributed by atoms with E-state index in [4.69, 9.17) is 26.2 Å². The van der Waals surface area contributed by atoms with Crippen molar-refractivity contribution in [2.45, 2.75) is 18.0 Å². The molecular weight excluding hydrogens is 553 g/mol. The lowest BCUT2D eigenvalue weighted by atomic mass is 10.1. The number of hydrogen-bond donors (Lipinski definition) is 4. The van der Waals surface area contributed by atoms with E-state index in [0.29, 0.717) is 29.4 Å². The molecule has 3 rings (SSSR count). The number of carbonyl (C=O) groups excluding carboxylic acids is 1. The van der Waals surface area contributed by atoms with Crippen LogP contribution in [0.4, 0.5) is 24.5 Å². The largest absolute Gasteiger partial charge is 0.490 e. The second-order valence-electron chi connectivity index (χ2n) is 8.04. The molecule has 38 heavy (non-hydrogen) atoms. The number of alkyl halides is 3. The number of aliphatic carboxylic acids is 1. The number of carbonyl (C=O) groups is 2. The number of methoxy groups -OCH3 is 1. The molecule has 4 N–H and O–H groups in total. The number of amides is 1. The highest BCUT2D eigenvalue weighted by Crippen LogP contribution is 2.31. The fraction of sp³-hybridized carbons (Fsp3) is 0.391. The van der Waals surface area contributed by atoms with E-state index in [1.807, 2.05) is 0 Å². The van der Waals surface area contributed by atoms with E-state index < -0.39 is 22.2 Å². The van der Waals surface area contributed by atoms with Crippen LogP contribution < -0.4 is 20.3 Å². The maximum absolute atomic E-state index is 13.1. The van der Waals surface area contributed by atoms with Gasteiger partial charge in [0.05, 0.1) is 22.9 Å². The van der Waals surface area contributed by atoms with Crippen molar-refractivity contribution in [1.29, 1.82) is 0 Å². The van der Waals surface area contributed by atoms with Crippen LogP contribution in [0.5, 0.6) is 0 Å². The Morgan fingerprint density at radius 1 is 1.16 bits per heavy atom. The van der Waals surface area contributed by atoms with Gasteiger partial charge in [-0.2, -0.15) is 13.2 Å². The number of benzene rings is 2. The molecule has 0 atom stereocenters. The minimum Gasteiger partial charge on any atom is -0.475 e. The summed E-state index contributed by atoms with van der Waals surface area (Å²) in [5.74, 6) is -3.06. The first-order valence-electron chi connectivity index (χ1n) is 11.2. The van der Waals surface area contributed by atoms with Crippen molar-refractivity contribution in [3.8, 4) is 0 Å². The van der Waals surface area contributed by atoms with Crippen LogP contribution in [-0.4, -0.2) is 78.0 Å². The number of anilines is 2. The summed E-state index contributed by atoms with van der Waals surface area (Å²) in [4.78, 5) is 23.5. The van der Waals surface area contributed by atoms with Crippen molar-refractivity contribution < 1.29 is 41.0 Å². The second kappa shape index (κ2) is 13.6. The normalized spacial score (nSPS) is 13.8. The fourth-order valence-electron chi connectivity index (χ4n) is 3.25. The standard InChI is InChI=1S/C21H27ClN4O4S.C2HF3O2/c1-15-3-5-17(14-18(15)22)31(28,29)25-19-13-16(21(27)24-9-12-30-2)4-6-20(19)26-10-7-23-8-11-26;3-2(4,5)1(6)7/h3-6,13-14,23,25H,7-12H2,1-2H3,(H,24,27);(H,6,7). The average molecular weight is 581 g/mol. The minimum atomic E-state index is -5.08. The van der Waals surface area contributed by atoms with Crippen molar-refractivity contribution in [1.82, 2.24) is 10.6 Å². The van der Waals surface area contributed by atoms with Crippen LogP contribution in [-0.2, 0) is 19.6 Å². The summed E-state index contributed by atoms with van der Waals surface area (Å²) < 4.78 is 65.5. The Balaban J connectivity index is 0.000000638. The molecule has 0 radical (unpaired) electrons. The topological polar surface area (TPSA) is 137 Å². The Labute approximate surface area is 223 Å². The fourth-order valence-corrected chi connectivity index (χ4v) is 4.59. The van der Waals surface area contributed by atoms with Gasteiger partial charge in [0, 0.05) is 50.4 Å². The number of rotatable bonds is 8. The zero-order chi connectivity index (χ0) is 28.5. The van der Waals surface area contributed by atoms with Gasteiger partial charge in [0.25, 0.3) is 15.9 Å². The monoisotopic (exact) mass is 580 g/mol. The number of ether oxygens (including phenoxy) is 1. The van der Waals surface area contributed by atoms with Gasteiger partial charge < -0.3 is 25.4 Å². The molecule has 1 amide bonds. The maximum Gasteiger partial charge on any atom is 0.490 e. The Morgan fingerprint density at radius 3 is 2.34 bits per heavy atom. The van der Waals surface area contributed by atoms with Gasteiger partial charge in [-0.25, -0.2) is 13.2 Å². The van der Waals surface area contributed by atoms with Gasteiger partial charge in [0.1, 0.15) is 0 Å². The molecule has 0 spiro atoms. The van der Waals surface area contributed by atoms with E-state index in [0.717, 1.165) is 37.4 Å². The summed E-state index contributed by atoms with van der Waals surface area (Å²) in [6, 6.07) is 9.62. The van der Waals surface area contributed by atoms with Crippen LogP contribution >= 0.6 is 11.6 Å². The zero-order valence-electron chi connectivity index (χ0n) is 20.6. The molecule has 1 saturated heterocycles. The molecule has 0 aromatic heterocycles. The summed E-state index contributed by atoms with van der Waals surface area (Å²) in [5.41, 5.74) is 2.21. The third-order valence-electron chi connectivity index (χ3n) is 5.25. The molecule has 0 aliphatic carbocycles. The quantitative estimate of drug-likeness (QED) is 0.350. The Kier molecular flexibility index (Phi) is 11.2.